The first-order valence-corrected chi connectivity index (χ1v) is 6.60. The number of benzene rings is 1. The highest BCUT2D eigenvalue weighted by atomic mass is 35.5. The molecule has 0 radical (unpaired) electrons. The van der Waals surface area contributed by atoms with E-state index < -0.39 is 6.04 Å². The van der Waals surface area contributed by atoms with Crippen LogP contribution in [0.25, 0.3) is 0 Å². The smallest absolute Gasteiger partial charge is 0.241 e. The molecule has 1 aromatic carbocycles. The molecule has 1 saturated carbocycles. The quantitative estimate of drug-likeness (QED) is 0.768. The highest BCUT2D eigenvalue weighted by Gasteiger charge is 2.22. The topological polar surface area (TPSA) is 67.2 Å². The second-order valence-electron chi connectivity index (χ2n) is 4.61. The van der Waals surface area contributed by atoms with Gasteiger partial charge in [0.15, 0.2) is 0 Å². The fraction of sp³-hybridized carbons (Fsp3) is 0.462. The molecule has 5 heteroatoms. The predicted molar refractivity (Wildman–Crippen MR) is 75.0 cm³/mol. The van der Waals surface area contributed by atoms with E-state index in [1.807, 2.05) is 19.1 Å². The molecule has 0 spiro atoms. The molecule has 1 fully saturated rings. The second kappa shape index (κ2) is 5.59. The van der Waals surface area contributed by atoms with Crippen molar-refractivity contribution in [1.82, 2.24) is 0 Å². The zero-order valence-corrected chi connectivity index (χ0v) is 11.1. The number of nitrogens with one attached hydrogen (secondary N) is 2. The van der Waals surface area contributed by atoms with Gasteiger partial charge in [0.25, 0.3) is 0 Å². The Labute approximate surface area is 112 Å². The number of halogens is 1. The SMILES string of the molecule is CC[C@H](N)C(=O)Nc1cc(Cl)ccc1NC1CC1. The van der Waals surface area contributed by atoms with E-state index in [2.05, 4.69) is 10.6 Å². The number of amides is 1. The van der Waals surface area contributed by atoms with E-state index >= 15 is 0 Å². The molecule has 1 aliphatic carbocycles. The van der Waals surface area contributed by atoms with Gasteiger partial charge >= 0.3 is 0 Å². The second-order valence-corrected chi connectivity index (χ2v) is 5.05. The number of carbonyl (C=O) groups excluding carboxylic acids is 1. The first kappa shape index (κ1) is 13.2. The molecule has 2 rings (SSSR count). The largest absolute Gasteiger partial charge is 0.381 e. The van der Waals surface area contributed by atoms with Gasteiger partial charge in [0, 0.05) is 11.1 Å². The van der Waals surface area contributed by atoms with Crippen molar-refractivity contribution in [1.29, 1.82) is 0 Å². The van der Waals surface area contributed by atoms with Crippen LogP contribution in [0.5, 0.6) is 0 Å². The third-order valence-electron chi connectivity index (χ3n) is 2.95. The lowest BCUT2D eigenvalue weighted by atomic mass is 10.2. The van der Waals surface area contributed by atoms with Gasteiger partial charge in [-0.2, -0.15) is 0 Å². The molecule has 98 valence electrons. The summed E-state index contributed by atoms with van der Waals surface area (Å²) >= 11 is 5.96. The normalized spacial score (nSPS) is 16.2. The van der Waals surface area contributed by atoms with Gasteiger partial charge in [-0.1, -0.05) is 18.5 Å². The Hall–Kier alpha value is -1.26. The van der Waals surface area contributed by atoms with Crippen LogP contribution in [0, 0.1) is 0 Å². The first-order chi connectivity index (χ1) is 8.60. The Kier molecular flexibility index (Phi) is 4.09. The predicted octanol–water partition coefficient (Wildman–Crippen LogP) is 2.59. The number of anilines is 2. The number of hydrogen-bond donors (Lipinski definition) is 3. The fourth-order valence-corrected chi connectivity index (χ4v) is 1.78. The van der Waals surface area contributed by atoms with Crippen LogP contribution in [-0.4, -0.2) is 18.0 Å². The van der Waals surface area contributed by atoms with Gasteiger partial charge in [0.2, 0.25) is 5.91 Å². The molecule has 1 atom stereocenters. The molecule has 1 amide bonds. The summed E-state index contributed by atoms with van der Waals surface area (Å²) in [5.41, 5.74) is 7.30. The Bertz CT molecular complexity index is 446. The van der Waals surface area contributed by atoms with E-state index in [0.29, 0.717) is 23.2 Å². The van der Waals surface area contributed by atoms with E-state index in [9.17, 15) is 4.79 Å². The standard InChI is InChI=1S/C13H18ClN3O/c1-2-10(15)13(18)17-12-7-8(14)3-6-11(12)16-9-4-5-9/h3,6-7,9-10,16H,2,4-5,15H2,1H3,(H,17,18)/t10-/m0/s1. The summed E-state index contributed by atoms with van der Waals surface area (Å²) in [7, 11) is 0. The van der Waals surface area contributed by atoms with Crippen molar-refractivity contribution in [3.8, 4) is 0 Å². The van der Waals surface area contributed by atoms with Gasteiger partial charge in [-0.3, -0.25) is 4.79 Å². The first-order valence-electron chi connectivity index (χ1n) is 6.22. The molecule has 4 N–H and O–H groups in total. The molecule has 1 aromatic rings. The molecule has 0 unspecified atom stereocenters. The van der Waals surface area contributed by atoms with Crippen LogP contribution in [0.1, 0.15) is 26.2 Å². The Balaban J connectivity index is 2.13. The number of rotatable bonds is 5. The van der Waals surface area contributed by atoms with Crippen LogP contribution >= 0.6 is 11.6 Å². The molecule has 1 aliphatic rings. The molecule has 18 heavy (non-hydrogen) atoms. The van der Waals surface area contributed by atoms with Crippen molar-refractivity contribution in [2.45, 2.75) is 38.3 Å². The molecule has 0 aromatic heterocycles. The molecule has 0 bridgehead atoms. The minimum Gasteiger partial charge on any atom is -0.381 e. The molecular formula is C13H18ClN3O. The zero-order chi connectivity index (χ0) is 13.1. The number of carbonyl (C=O) groups is 1. The van der Waals surface area contributed by atoms with Gasteiger partial charge in [-0.25, -0.2) is 0 Å². The summed E-state index contributed by atoms with van der Waals surface area (Å²) < 4.78 is 0. The highest BCUT2D eigenvalue weighted by Crippen LogP contribution is 2.31. The third-order valence-corrected chi connectivity index (χ3v) is 3.19. The maximum atomic E-state index is 11.8. The van der Waals surface area contributed by atoms with E-state index in [1.165, 1.54) is 12.8 Å². The van der Waals surface area contributed by atoms with Crippen molar-refractivity contribution in [3.05, 3.63) is 23.2 Å². The monoisotopic (exact) mass is 267 g/mol. The van der Waals surface area contributed by atoms with E-state index in [0.717, 1.165) is 5.69 Å². The summed E-state index contributed by atoms with van der Waals surface area (Å²) in [6, 6.07) is 5.46. The average molecular weight is 268 g/mol. The summed E-state index contributed by atoms with van der Waals surface area (Å²) in [6.07, 6.45) is 2.95. The third kappa shape index (κ3) is 3.37. The average Bonchev–Trinajstić information content (AvgIpc) is 3.15. The van der Waals surface area contributed by atoms with E-state index in [4.69, 9.17) is 17.3 Å². The summed E-state index contributed by atoms with van der Waals surface area (Å²) in [6.45, 7) is 1.88. The minimum atomic E-state index is -0.488. The van der Waals surface area contributed by atoms with Gasteiger partial charge in [-0.15, -0.1) is 0 Å². The summed E-state index contributed by atoms with van der Waals surface area (Å²) in [5.74, 6) is -0.182. The van der Waals surface area contributed by atoms with Crippen LogP contribution in [0.4, 0.5) is 11.4 Å². The lowest BCUT2D eigenvalue weighted by Gasteiger charge is -2.15. The summed E-state index contributed by atoms with van der Waals surface area (Å²) in [5, 5.41) is 6.78. The van der Waals surface area contributed by atoms with Crippen LogP contribution in [0.2, 0.25) is 5.02 Å². The van der Waals surface area contributed by atoms with Gasteiger partial charge in [0.05, 0.1) is 17.4 Å². The molecule has 0 aliphatic heterocycles. The Morgan fingerprint density at radius 1 is 1.50 bits per heavy atom. The Morgan fingerprint density at radius 3 is 2.83 bits per heavy atom. The number of nitrogens with two attached hydrogens (primary N) is 1. The molecule has 4 nitrogen and oxygen atoms in total. The van der Waals surface area contributed by atoms with Crippen LogP contribution < -0.4 is 16.4 Å². The maximum Gasteiger partial charge on any atom is 0.241 e. The van der Waals surface area contributed by atoms with Gasteiger partial charge in [-0.05, 0) is 37.5 Å². The lowest BCUT2D eigenvalue weighted by Crippen LogP contribution is -2.35. The molecular weight excluding hydrogens is 250 g/mol. The molecule has 0 heterocycles. The molecule has 0 saturated heterocycles. The van der Waals surface area contributed by atoms with Gasteiger partial charge < -0.3 is 16.4 Å². The highest BCUT2D eigenvalue weighted by molar-refractivity contribution is 6.31. The summed E-state index contributed by atoms with van der Waals surface area (Å²) in [4.78, 5) is 11.8. The van der Waals surface area contributed by atoms with E-state index in [-0.39, 0.29) is 5.91 Å². The van der Waals surface area contributed by atoms with Crippen molar-refractivity contribution < 1.29 is 4.79 Å². The van der Waals surface area contributed by atoms with Crippen LogP contribution in [0.3, 0.4) is 0 Å². The van der Waals surface area contributed by atoms with Gasteiger partial charge in [0.1, 0.15) is 0 Å². The van der Waals surface area contributed by atoms with Crippen molar-refractivity contribution >= 4 is 28.9 Å². The van der Waals surface area contributed by atoms with Crippen molar-refractivity contribution in [3.63, 3.8) is 0 Å². The zero-order valence-electron chi connectivity index (χ0n) is 10.4. The lowest BCUT2D eigenvalue weighted by molar-refractivity contribution is -0.117. The van der Waals surface area contributed by atoms with E-state index in [1.54, 1.807) is 6.07 Å². The van der Waals surface area contributed by atoms with Crippen LogP contribution in [-0.2, 0) is 4.79 Å². The minimum absolute atomic E-state index is 0.182. The van der Waals surface area contributed by atoms with Crippen LogP contribution in [0.15, 0.2) is 18.2 Å². The van der Waals surface area contributed by atoms with Crippen molar-refractivity contribution in [2.24, 2.45) is 5.73 Å². The Morgan fingerprint density at radius 2 is 2.22 bits per heavy atom. The fourth-order valence-electron chi connectivity index (χ4n) is 1.60. The van der Waals surface area contributed by atoms with Crippen molar-refractivity contribution in [2.75, 3.05) is 10.6 Å². The number of hydrogen-bond acceptors (Lipinski definition) is 3. The maximum absolute atomic E-state index is 11.8.